The van der Waals surface area contributed by atoms with E-state index in [4.69, 9.17) is 0 Å². The van der Waals surface area contributed by atoms with Crippen LogP contribution in [0.25, 0.3) is 10.9 Å². The third kappa shape index (κ3) is 1.70. The van der Waals surface area contributed by atoms with Gasteiger partial charge in [0.2, 0.25) is 0 Å². The van der Waals surface area contributed by atoms with Crippen LogP contribution in [-0.4, -0.2) is 24.1 Å². The van der Waals surface area contributed by atoms with Gasteiger partial charge in [0.15, 0.2) is 0 Å². The molecule has 78 valence electrons. The summed E-state index contributed by atoms with van der Waals surface area (Å²) in [6.07, 6.45) is 0. The second kappa shape index (κ2) is 3.38. The molecule has 1 aromatic heterocycles. The molecule has 0 aliphatic heterocycles. The average molecular weight is 203 g/mol. The van der Waals surface area contributed by atoms with Crippen molar-refractivity contribution in [2.75, 3.05) is 19.0 Å². The van der Waals surface area contributed by atoms with Crippen molar-refractivity contribution in [1.29, 1.82) is 0 Å². The lowest BCUT2D eigenvalue weighted by Crippen LogP contribution is -2.12. The van der Waals surface area contributed by atoms with Gasteiger partial charge < -0.3 is 9.88 Å². The van der Waals surface area contributed by atoms with Crippen LogP contribution in [0.4, 0.5) is 5.69 Å². The number of benzene rings is 1. The van der Waals surface area contributed by atoms with Crippen molar-refractivity contribution in [3.05, 3.63) is 34.4 Å². The summed E-state index contributed by atoms with van der Waals surface area (Å²) in [4.78, 5) is 20.6. The molecule has 1 aromatic carbocycles. The van der Waals surface area contributed by atoms with Crippen LogP contribution < -0.4 is 10.5 Å². The Bertz CT molecular complexity index is 557. The third-order valence-corrected chi connectivity index (χ3v) is 2.32. The molecule has 0 unspecified atom stereocenters. The molecule has 0 bridgehead atoms. The second-order valence-electron chi connectivity index (χ2n) is 3.75. The highest BCUT2D eigenvalue weighted by molar-refractivity contribution is 5.81. The van der Waals surface area contributed by atoms with Gasteiger partial charge in [0, 0.05) is 19.8 Å². The van der Waals surface area contributed by atoms with Crippen molar-refractivity contribution in [2.45, 2.75) is 6.92 Å². The van der Waals surface area contributed by atoms with Crippen LogP contribution in [0, 0.1) is 6.92 Å². The van der Waals surface area contributed by atoms with E-state index in [-0.39, 0.29) is 5.56 Å². The molecule has 0 spiro atoms. The van der Waals surface area contributed by atoms with E-state index >= 15 is 0 Å². The SMILES string of the molecule is Cc1nc2ccc(N(C)C)cc2c(=O)[nH]1. The Balaban J connectivity index is 2.77. The minimum Gasteiger partial charge on any atom is -0.378 e. The summed E-state index contributed by atoms with van der Waals surface area (Å²) in [6.45, 7) is 1.78. The van der Waals surface area contributed by atoms with Crippen molar-refractivity contribution in [1.82, 2.24) is 9.97 Å². The van der Waals surface area contributed by atoms with Crippen LogP contribution in [0.5, 0.6) is 0 Å². The zero-order valence-corrected chi connectivity index (χ0v) is 9.03. The molecule has 0 saturated heterocycles. The predicted molar refractivity (Wildman–Crippen MR) is 61.4 cm³/mol. The minimum atomic E-state index is -0.0822. The van der Waals surface area contributed by atoms with Crippen molar-refractivity contribution in [2.24, 2.45) is 0 Å². The summed E-state index contributed by atoms with van der Waals surface area (Å²) < 4.78 is 0. The first-order valence-corrected chi connectivity index (χ1v) is 4.76. The fourth-order valence-corrected chi connectivity index (χ4v) is 1.52. The highest BCUT2D eigenvalue weighted by Gasteiger charge is 2.03. The maximum atomic E-state index is 11.7. The summed E-state index contributed by atoms with van der Waals surface area (Å²) >= 11 is 0. The molecule has 0 radical (unpaired) electrons. The molecule has 0 atom stereocenters. The van der Waals surface area contributed by atoms with E-state index in [2.05, 4.69) is 9.97 Å². The molecule has 0 amide bonds. The minimum absolute atomic E-state index is 0.0822. The summed E-state index contributed by atoms with van der Waals surface area (Å²) in [7, 11) is 3.88. The number of rotatable bonds is 1. The van der Waals surface area contributed by atoms with E-state index in [0.29, 0.717) is 11.2 Å². The van der Waals surface area contributed by atoms with Gasteiger partial charge in [0.05, 0.1) is 10.9 Å². The Hall–Kier alpha value is -1.84. The fraction of sp³-hybridized carbons (Fsp3) is 0.273. The monoisotopic (exact) mass is 203 g/mol. The number of fused-ring (bicyclic) bond motifs is 1. The number of anilines is 1. The molecule has 0 saturated carbocycles. The zero-order chi connectivity index (χ0) is 11.0. The highest BCUT2D eigenvalue weighted by Crippen LogP contribution is 2.16. The Morgan fingerprint density at radius 3 is 2.73 bits per heavy atom. The molecule has 0 aliphatic rings. The van der Waals surface area contributed by atoms with Crippen LogP contribution in [0.2, 0.25) is 0 Å². The summed E-state index contributed by atoms with van der Waals surface area (Å²) in [5.41, 5.74) is 1.65. The number of aryl methyl sites for hydroxylation is 1. The molecular weight excluding hydrogens is 190 g/mol. The molecular formula is C11H13N3O. The average Bonchev–Trinajstić information content (AvgIpc) is 2.16. The van der Waals surface area contributed by atoms with Gasteiger partial charge in [0.25, 0.3) is 5.56 Å². The first-order valence-electron chi connectivity index (χ1n) is 4.76. The van der Waals surface area contributed by atoms with Gasteiger partial charge in [-0.1, -0.05) is 0 Å². The number of aromatic nitrogens is 2. The van der Waals surface area contributed by atoms with E-state index in [9.17, 15) is 4.79 Å². The number of hydrogen-bond acceptors (Lipinski definition) is 3. The van der Waals surface area contributed by atoms with E-state index in [0.717, 1.165) is 11.2 Å². The molecule has 4 heteroatoms. The van der Waals surface area contributed by atoms with Crippen LogP contribution in [0.15, 0.2) is 23.0 Å². The lowest BCUT2D eigenvalue weighted by atomic mass is 10.2. The zero-order valence-electron chi connectivity index (χ0n) is 9.03. The van der Waals surface area contributed by atoms with Gasteiger partial charge in [-0.25, -0.2) is 4.98 Å². The van der Waals surface area contributed by atoms with Gasteiger partial charge in [-0.2, -0.15) is 0 Å². The Kier molecular flexibility index (Phi) is 2.19. The standard InChI is InChI=1S/C11H13N3O/c1-7-12-10-5-4-8(14(2)3)6-9(10)11(15)13-7/h4-6H,1-3H3,(H,12,13,15). The van der Waals surface area contributed by atoms with Gasteiger partial charge in [0.1, 0.15) is 5.82 Å². The molecule has 2 rings (SSSR count). The predicted octanol–water partition coefficient (Wildman–Crippen LogP) is 1.30. The van der Waals surface area contributed by atoms with E-state index in [1.165, 1.54) is 0 Å². The van der Waals surface area contributed by atoms with E-state index < -0.39 is 0 Å². The second-order valence-corrected chi connectivity index (χ2v) is 3.75. The van der Waals surface area contributed by atoms with Crippen LogP contribution in [0.1, 0.15) is 5.82 Å². The maximum absolute atomic E-state index is 11.7. The van der Waals surface area contributed by atoms with Gasteiger partial charge in [-0.15, -0.1) is 0 Å². The number of hydrogen-bond donors (Lipinski definition) is 1. The molecule has 0 fully saturated rings. The quantitative estimate of drug-likeness (QED) is 0.760. The molecule has 1 N–H and O–H groups in total. The number of nitrogens with one attached hydrogen (secondary N) is 1. The van der Waals surface area contributed by atoms with Gasteiger partial charge in [-0.05, 0) is 25.1 Å². The lowest BCUT2D eigenvalue weighted by Gasteiger charge is -2.12. The van der Waals surface area contributed by atoms with Crippen molar-refractivity contribution in [3.63, 3.8) is 0 Å². The Morgan fingerprint density at radius 2 is 2.07 bits per heavy atom. The maximum Gasteiger partial charge on any atom is 0.258 e. The molecule has 2 aromatic rings. The number of aromatic amines is 1. The summed E-state index contributed by atoms with van der Waals surface area (Å²) in [5.74, 6) is 0.644. The normalized spacial score (nSPS) is 10.6. The number of nitrogens with zero attached hydrogens (tertiary/aromatic N) is 2. The smallest absolute Gasteiger partial charge is 0.258 e. The highest BCUT2D eigenvalue weighted by atomic mass is 16.1. The molecule has 0 aliphatic carbocycles. The fourth-order valence-electron chi connectivity index (χ4n) is 1.52. The van der Waals surface area contributed by atoms with Crippen LogP contribution in [0.3, 0.4) is 0 Å². The van der Waals surface area contributed by atoms with Crippen LogP contribution in [-0.2, 0) is 0 Å². The van der Waals surface area contributed by atoms with Gasteiger partial charge >= 0.3 is 0 Å². The first kappa shape index (κ1) is 9.71. The van der Waals surface area contributed by atoms with Crippen LogP contribution >= 0.6 is 0 Å². The van der Waals surface area contributed by atoms with Gasteiger partial charge in [-0.3, -0.25) is 4.79 Å². The first-order chi connectivity index (χ1) is 7.08. The molecule has 15 heavy (non-hydrogen) atoms. The largest absolute Gasteiger partial charge is 0.378 e. The molecule has 1 heterocycles. The van der Waals surface area contributed by atoms with Crippen molar-refractivity contribution >= 4 is 16.6 Å². The van der Waals surface area contributed by atoms with Crippen molar-refractivity contribution < 1.29 is 0 Å². The topological polar surface area (TPSA) is 49.0 Å². The Labute approximate surface area is 87.6 Å². The van der Waals surface area contributed by atoms with E-state index in [1.54, 1.807) is 6.92 Å². The number of H-pyrrole nitrogens is 1. The Morgan fingerprint density at radius 1 is 1.33 bits per heavy atom. The summed E-state index contributed by atoms with van der Waals surface area (Å²) in [5, 5.41) is 0.631. The van der Waals surface area contributed by atoms with Crippen molar-refractivity contribution in [3.8, 4) is 0 Å². The third-order valence-electron chi connectivity index (χ3n) is 2.32. The molecule has 4 nitrogen and oxygen atoms in total. The summed E-state index contributed by atoms with van der Waals surface area (Å²) in [6, 6.07) is 5.67. The lowest BCUT2D eigenvalue weighted by molar-refractivity contribution is 1.06. The van der Waals surface area contributed by atoms with E-state index in [1.807, 2.05) is 37.2 Å².